The first kappa shape index (κ1) is 26.9. The van der Waals surface area contributed by atoms with Crippen molar-refractivity contribution in [2.75, 3.05) is 0 Å². The van der Waals surface area contributed by atoms with Crippen molar-refractivity contribution in [2.24, 2.45) is 0 Å². The molecule has 0 saturated carbocycles. The SMILES string of the molecule is c1ccc(-c2ncc(-n3c4ccc(-c5ncccn5)cc4c4c5c6ccccc6sc5c5ccccc5c43)c(-c3ccccc3)n2)cc1. The Kier molecular flexibility index (Phi) is 5.98. The molecule has 10 aromatic rings. The third-order valence-electron chi connectivity index (χ3n) is 9.15. The molecule has 0 aliphatic rings. The highest BCUT2D eigenvalue weighted by molar-refractivity contribution is 7.27. The van der Waals surface area contributed by atoms with E-state index in [1.807, 2.05) is 47.9 Å². The second kappa shape index (κ2) is 10.7. The molecule has 0 aliphatic carbocycles. The van der Waals surface area contributed by atoms with E-state index in [9.17, 15) is 0 Å². The molecule has 0 radical (unpaired) electrons. The maximum Gasteiger partial charge on any atom is 0.159 e. The van der Waals surface area contributed by atoms with Crippen LogP contribution in [0.15, 0.2) is 152 Å². The Morgan fingerprint density at radius 2 is 1.19 bits per heavy atom. The van der Waals surface area contributed by atoms with Crippen molar-refractivity contribution in [3.05, 3.63) is 152 Å². The van der Waals surface area contributed by atoms with Crippen LogP contribution in [0.4, 0.5) is 0 Å². The van der Waals surface area contributed by atoms with Crippen LogP contribution in [0, 0.1) is 0 Å². The monoisotopic (exact) mass is 631 g/mol. The summed E-state index contributed by atoms with van der Waals surface area (Å²) in [6.07, 6.45) is 5.59. The molecule has 10 rings (SSSR count). The van der Waals surface area contributed by atoms with E-state index in [1.54, 1.807) is 12.4 Å². The first-order chi connectivity index (χ1) is 23.8. The van der Waals surface area contributed by atoms with Crippen LogP contribution in [0.2, 0.25) is 0 Å². The van der Waals surface area contributed by atoms with Crippen LogP contribution in [0.5, 0.6) is 0 Å². The molecule has 0 saturated heterocycles. The molecule has 0 unspecified atom stereocenters. The summed E-state index contributed by atoms with van der Waals surface area (Å²) in [5.41, 5.74) is 6.99. The molecular weight excluding hydrogens is 607 g/mol. The lowest BCUT2D eigenvalue weighted by Crippen LogP contribution is -2.03. The zero-order valence-electron chi connectivity index (χ0n) is 25.6. The minimum absolute atomic E-state index is 0.693. The normalized spacial score (nSPS) is 11.8. The van der Waals surface area contributed by atoms with Crippen LogP contribution < -0.4 is 0 Å². The number of fused-ring (bicyclic) bond motifs is 10. The van der Waals surface area contributed by atoms with E-state index in [1.165, 1.54) is 36.3 Å². The molecule has 5 nitrogen and oxygen atoms in total. The number of thiophene rings is 1. The Labute approximate surface area is 279 Å². The number of nitrogens with zero attached hydrogens (tertiary/aromatic N) is 5. The van der Waals surface area contributed by atoms with Crippen molar-refractivity contribution in [1.29, 1.82) is 0 Å². The summed E-state index contributed by atoms with van der Waals surface area (Å²) in [5, 5.41) is 7.29. The molecule has 48 heavy (non-hydrogen) atoms. The predicted molar refractivity (Wildman–Crippen MR) is 199 cm³/mol. The summed E-state index contributed by atoms with van der Waals surface area (Å²) in [5.74, 6) is 1.39. The Morgan fingerprint density at radius 3 is 1.98 bits per heavy atom. The third kappa shape index (κ3) is 4.03. The molecule has 4 aromatic heterocycles. The number of benzene rings is 6. The van der Waals surface area contributed by atoms with Gasteiger partial charge in [-0.25, -0.2) is 19.9 Å². The van der Waals surface area contributed by atoms with Gasteiger partial charge in [0.05, 0.1) is 28.6 Å². The van der Waals surface area contributed by atoms with E-state index in [-0.39, 0.29) is 0 Å². The molecule has 0 aliphatic heterocycles. The highest BCUT2D eigenvalue weighted by Crippen LogP contribution is 2.49. The van der Waals surface area contributed by atoms with Crippen LogP contribution in [0.25, 0.3) is 92.5 Å². The Bertz CT molecular complexity index is 2820. The fraction of sp³-hybridized carbons (Fsp3) is 0. The highest BCUT2D eigenvalue weighted by Gasteiger charge is 2.24. The molecule has 0 N–H and O–H groups in total. The minimum atomic E-state index is 0.693. The molecule has 6 heteroatoms. The lowest BCUT2D eigenvalue weighted by atomic mass is 9.99. The van der Waals surface area contributed by atoms with Gasteiger partial charge >= 0.3 is 0 Å². The average molecular weight is 632 g/mol. The van der Waals surface area contributed by atoms with E-state index in [4.69, 9.17) is 9.97 Å². The Balaban J connectivity index is 1.42. The third-order valence-corrected chi connectivity index (χ3v) is 10.4. The topological polar surface area (TPSA) is 56.5 Å². The fourth-order valence-electron chi connectivity index (χ4n) is 7.08. The fourth-order valence-corrected chi connectivity index (χ4v) is 8.33. The summed E-state index contributed by atoms with van der Waals surface area (Å²) in [6, 6.07) is 46.6. The van der Waals surface area contributed by atoms with Crippen molar-refractivity contribution in [2.45, 2.75) is 0 Å². The maximum absolute atomic E-state index is 5.28. The van der Waals surface area contributed by atoms with Gasteiger partial charge < -0.3 is 4.57 Å². The van der Waals surface area contributed by atoms with Gasteiger partial charge in [-0.05, 0) is 30.3 Å². The minimum Gasteiger partial charge on any atom is -0.305 e. The molecule has 0 atom stereocenters. The quantitative estimate of drug-likeness (QED) is 0.194. The highest BCUT2D eigenvalue weighted by atomic mass is 32.1. The lowest BCUT2D eigenvalue weighted by Gasteiger charge is -2.15. The number of aromatic nitrogens is 5. The van der Waals surface area contributed by atoms with Crippen LogP contribution in [-0.2, 0) is 0 Å². The van der Waals surface area contributed by atoms with Gasteiger partial charge in [0.1, 0.15) is 0 Å². The Morgan fingerprint density at radius 1 is 0.500 bits per heavy atom. The molecule has 224 valence electrons. The Hall–Kier alpha value is -6.24. The van der Waals surface area contributed by atoms with Gasteiger partial charge in [-0.15, -0.1) is 11.3 Å². The van der Waals surface area contributed by atoms with E-state index < -0.39 is 0 Å². The summed E-state index contributed by atoms with van der Waals surface area (Å²) in [6.45, 7) is 0. The van der Waals surface area contributed by atoms with Crippen molar-refractivity contribution in [3.63, 3.8) is 0 Å². The molecule has 6 aromatic carbocycles. The van der Waals surface area contributed by atoms with E-state index >= 15 is 0 Å². The molecule has 0 amide bonds. The second-order valence-electron chi connectivity index (χ2n) is 11.9. The average Bonchev–Trinajstić information content (AvgIpc) is 3.72. The molecule has 4 heterocycles. The van der Waals surface area contributed by atoms with Gasteiger partial charge in [-0.2, -0.15) is 0 Å². The smallest absolute Gasteiger partial charge is 0.159 e. The van der Waals surface area contributed by atoms with Gasteiger partial charge in [-0.1, -0.05) is 103 Å². The summed E-state index contributed by atoms with van der Waals surface area (Å²) in [7, 11) is 0. The second-order valence-corrected chi connectivity index (χ2v) is 12.9. The van der Waals surface area contributed by atoms with Crippen LogP contribution in [0.1, 0.15) is 0 Å². The van der Waals surface area contributed by atoms with Gasteiger partial charge in [0.25, 0.3) is 0 Å². The zero-order valence-corrected chi connectivity index (χ0v) is 26.4. The largest absolute Gasteiger partial charge is 0.305 e. The van der Waals surface area contributed by atoms with E-state index in [2.05, 4.69) is 118 Å². The first-order valence-corrected chi connectivity index (χ1v) is 16.7. The van der Waals surface area contributed by atoms with Crippen LogP contribution >= 0.6 is 11.3 Å². The van der Waals surface area contributed by atoms with Crippen molar-refractivity contribution < 1.29 is 0 Å². The maximum atomic E-state index is 5.28. The van der Waals surface area contributed by atoms with Crippen molar-refractivity contribution in [1.82, 2.24) is 24.5 Å². The molecule has 0 fully saturated rings. The van der Waals surface area contributed by atoms with Crippen LogP contribution in [-0.4, -0.2) is 24.5 Å². The summed E-state index contributed by atoms with van der Waals surface area (Å²) in [4.78, 5) is 19.5. The first-order valence-electron chi connectivity index (χ1n) is 15.9. The molecule has 0 spiro atoms. The number of rotatable bonds is 4. The van der Waals surface area contributed by atoms with Crippen molar-refractivity contribution >= 4 is 64.1 Å². The standard InChI is InChI=1S/C42H25N5S/c1-3-12-26(13-4-1)38-34(25-45-42(46-38)27-14-5-2-6-15-27)47-33-21-20-28(41-43-22-11-23-44-41)24-32(33)36-37-31-18-9-10-19-35(31)48-40(37)30-17-8-7-16-29(30)39(36)47/h1-25H. The van der Waals surface area contributed by atoms with Crippen molar-refractivity contribution in [3.8, 4) is 39.7 Å². The summed E-state index contributed by atoms with van der Waals surface area (Å²) >= 11 is 1.86. The van der Waals surface area contributed by atoms with Crippen LogP contribution in [0.3, 0.4) is 0 Å². The zero-order chi connectivity index (χ0) is 31.6. The summed E-state index contributed by atoms with van der Waals surface area (Å²) < 4.78 is 4.94. The van der Waals surface area contributed by atoms with E-state index in [0.717, 1.165) is 44.5 Å². The van der Waals surface area contributed by atoms with Gasteiger partial charge in [0.2, 0.25) is 0 Å². The van der Waals surface area contributed by atoms with Gasteiger partial charge in [0, 0.05) is 70.8 Å². The number of hydrogen-bond acceptors (Lipinski definition) is 5. The van der Waals surface area contributed by atoms with Gasteiger partial charge in [0.15, 0.2) is 11.6 Å². The lowest BCUT2D eigenvalue weighted by molar-refractivity contribution is 1.09. The molecule has 0 bridgehead atoms. The van der Waals surface area contributed by atoms with Gasteiger partial charge in [-0.3, -0.25) is 0 Å². The molecular formula is C42H25N5S. The number of hydrogen-bond donors (Lipinski definition) is 0. The van der Waals surface area contributed by atoms with E-state index in [0.29, 0.717) is 11.6 Å². The predicted octanol–water partition coefficient (Wildman–Crippen LogP) is 10.9.